The highest BCUT2D eigenvalue weighted by atomic mass is 15.1. The van der Waals surface area contributed by atoms with E-state index in [-0.39, 0.29) is 0 Å². The van der Waals surface area contributed by atoms with Gasteiger partial charge in [0.2, 0.25) is 0 Å². The topological polar surface area (TPSA) is 53.6 Å². The molecule has 3 aromatic rings. The second kappa shape index (κ2) is 6.43. The molecule has 1 aromatic carbocycles. The van der Waals surface area contributed by atoms with Crippen molar-refractivity contribution in [1.82, 2.24) is 15.2 Å². The van der Waals surface area contributed by atoms with Crippen LogP contribution in [-0.4, -0.2) is 15.2 Å². The Morgan fingerprint density at radius 2 is 1.95 bits per heavy atom. The molecule has 22 heavy (non-hydrogen) atoms. The Hall–Kier alpha value is -2.62. The quantitative estimate of drug-likeness (QED) is 0.740. The number of aromatic amines is 1. The fourth-order valence-corrected chi connectivity index (χ4v) is 2.45. The maximum Gasteiger partial charge on any atom is 0.126 e. The van der Waals surface area contributed by atoms with E-state index in [0.717, 1.165) is 29.2 Å². The van der Waals surface area contributed by atoms with Crippen LogP contribution >= 0.6 is 0 Å². The van der Waals surface area contributed by atoms with E-state index in [1.807, 2.05) is 36.7 Å². The van der Waals surface area contributed by atoms with Crippen molar-refractivity contribution in [1.29, 1.82) is 0 Å². The second-order valence-electron chi connectivity index (χ2n) is 5.62. The molecule has 2 N–H and O–H groups in total. The molecule has 0 aliphatic heterocycles. The van der Waals surface area contributed by atoms with Crippen LogP contribution in [0.3, 0.4) is 0 Å². The van der Waals surface area contributed by atoms with Crippen molar-refractivity contribution < 1.29 is 0 Å². The summed E-state index contributed by atoms with van der Waals surface area (Å²) in [5, 5.41) is 10.6. The largest absolute Gasteiger partial charge is 0.366 e. The number of anilines is 1. The van der Waals surface area contributed by atoms with Crippen molar-refractivity contribution in [3.05, 3.63) is 66.1 Å². The van der Waals surface area contributed by atoms with Crippen LogP contribution in [-0.2, 0) is 6.54 Å². The monoisotopic (exact) mass is 292 g/mol. The summed E-state index contributed by atoms with van der Waals surface area (Å²) in [5.41, 5.74) is 4.66. The van der Waals surface area contributed by atoms with Gasteiger partial charge in [-0.2, -0.15) is 5.10 Å². The fourth-order valence-electron chi connectivity index (χ4n) is 2.45. The minimum absolute atomic E-state index is 0.409. The number of nitrogens with zero attached hydrogens (tertiary/aromatic N) is 2. The van der Waals surface area contributed by atoms with Crippen LogP contribution < -0.4 is 5.32 Å². The van der Waals surface area contributed by atoms with Crippen LogP contribution in [0.5, 0.6) is 0 Å². The average molecular weight is 292 g/mol. The van der Waals surface area contributed by atoms with Gasteiger partial charge >= 0.3 is 0 Å². The lowest BCUT2D eigenvalue weighted by atomic mass is 10.0. The van der Waals surface area contributed by atoms with E-state index >= 15 is 0 Å². The highest BCUT2D eigenvalue weighted by molar-refractivity contribution is 5.68. The molecule has 4 heteroatoms. The van der Waals surface area contributed by atoms with Crippen LogP contribution in [0.4, 0.5) is 5.82 Å². The summed E-state index contributed by atoms with van der Waals surface area (Å²) in [7, 11) is 0. The SMILES string of the molecule is CC(C)c1[nH]ncc1-c1ccnc(NCc2ccccc2)c1. The van der Waals surface area contributed by atoms with Gasteiger partial charge in [-0.15, -0.1) is 0 Å². The lowest BCUT2D eigenvalue weighted by Crippen LogP contribution is -2.01. The van der Waals surface area contributed by atoms with E-state index in [9.17, 15) is 0 Å². The predicted octanol–water partition coefficient (Wildman–Crippen LogP) is 4.21. The molecule has 4 nitrogen and oxygen atoms in total. The molecule has 2 aromatic heterocycles. The van der Waals surface area contributed by atoms with Crippen molar-refractivity contribution in [3.8, 4) is 11.1 Å². The van der Waals surface area contributed by atoms with Crippen molar-refractivity contribution in [2.45, 2.75) is 26.3 Å². The van der Waals surface area contributed by atoms with E-state index in [4.69, 9.17) is 0 Å². The maximum atomic E-state index is 4.40. The molecule has 0 saturated heterocycles. The minimum atomic E-state index is 0.409. The van der Waals surface area contributed by atoms with Gasteiger partial charge in [0, 0.05) is 24.0 Å². The van der Waals surface area contributed by atoms with Gasteiger partial charge in [0.15, 0.2) is 0 Å². The summed E-state index contributed by atoms with van der Waals surface area (Å²) >= 11 is 0. The van der Waals surface area contributed by atoms with Crippen LogP contribution in [0.2, 0.25) is 0 Å². The summed E-state index contributed by atoms with van der Waals surface area (Å²) in [5.74, 6) is 1.28. The Bertz CT molecular complexity index is 732. The summed E-state index contributed by atoms with van der Waals surface area (Å²) in [6, 6.07) is 14.4. The van der Waals surface area contributed by atoms with Gasteiger partial charge in [0.05, 0.1) is 6.20 Å². The van der Waals surface area contributed by atoms with Gasteiger partial charge in [0.1, 0.15) is 5.82 Å². The summed E-state index contributed by atoms with van der Waals surface area (Å²) in [6.07, 6.45) is 3.71. The van der Waals surface area contributed by atoms with Gasteiger partial charge in [-0.3, -0.25) is 5.10 Å². The number of pyridine rings is 1. The second-order valence-corrected chi connectivity index (χ2v) is 5.62. The summed E-state index contributed by atoms with van der Waals surface area (Å²) in [4.78, 5) is 4.40. The molecule has 0 spiro atoms. The zero-order valence-electron chi connectivity index (χ0n) is 12.9. The third-order valence-corrected chi connectivity index (χ3v) is 3.63. The molecule has 3 rings (SSSR count). The number of nitrogens with one attached hydrogen (secondary N) is 2. The summed E-state index contributed by atoms with van der Waals surface area (Å²) in [6.45, 7) is 5.08. The molecular formula is C18H20N4. The van der Waals surface area contributed by atoms with Gasteiger partial charge < -0.3 is 5.32 Å². The first-order valence-electron chi connectivity index (χ1n) is 7.51. The molecule has 0 fully saturated rings. The third-order valence-electron chi connectivity index (χ3n) is 3.63. The van der Waals surface area contributed by atoms with Gasteiger partial charge in [-0.05, 0) is 29.2 Å². The van der Waals surface area contributed by atoms with Crippen molar-refractivity contribution in [3.63, 3.8) is 0 Å². The molecule has 2 heterocycles. The zero-order chi connectivity index (χ0) is 15.4. The highest BCUT2D eigenvalue weighted by Gasteiger charge is 2.11. The maximum absolute atomic E-state index is 4.40. The third kappa shape index (κ3) is 3.17. The number of H-pyrrole nitrogens is 1. The fraction of sp³-hybridized carbons (Fsp3) is 0.222. The first-order chi connectivity index (χ1) is 10.7. The molecular weight excluding hydrogens is 272 g/mol. The number of rotatable bonds is 5. The average Bonchev–Trinajstić information content (AvgIpc) is 3.04. The van der Waals surface area contributed by atoms with Crippen LogP contribution in [0.15, 0.2) is 54.9 Å². The molecule has 0 atom stereocenters. The van der Waals surface area contributed by atoms with Gasteiger partial charge in [-0.25, -0.2) is 4.98 Å². The van der Waals surface area contributed by atoms with E-state index < -0.39 is 0 Å². The first kappa shape index (κ1) is 14.3. The van der Waals surface area contributed by atoms with Gasteiger partial charge in [-0.1, -0.05) is 44.2 Å². The van der Waals surface area contributed by atoms with Crippen molar-refractivity contribution >= 4 is 5.82 Å². The molecule has 112 valence electrons. The van der Waals surface area contributed by atoms with E-state index in [1.54, 1.807) is 0 Å². The number of benzene rings is 1. The highest BCUT2D eigenvalue weighted by Crippen LogP contribution is 2.28. The summed E-state index contributed by atoms with van der Waals surface area (Å²) < 4.78 is 0. The molecule has 0 aliphatic carbocycles. The zero-order valence-corrected chi connectivity index (χ0v) is 12.9. The Morgan fingerprint density at radius 3 is 2.73 bits per heavy atom. The lowest BCUT2D eigenvalue weighted by molar-refractivity contribution is 0.812. The lowest BCUT2D eigenvalue weighted by Gasteiger charge is -2.09. The van der Waals surface area contributed by atoms with E-state index in [0.29, 0.717) is 5.92 Å². The predicted molar refractivity (Wildman–Crippen MR) is 89.7 cm³/mol. The van der Waals surface area contributed by atoms with Crippen LogP contribution in [0.1, 0.15) is 31.0 Å². The molecule has 0 unspecified atom stereocenters. The number of hydrogen-bond acceptors (Lipinski definition) is 3. The standard InChI is InChI=1S/C18H20N4/c1-13(2)18-16(12-21-22-18)15-8-9-19-17(10-15)20-11-14-6-4-3-5-7-14/h3-10,12-13H,11H2,1-2H3,(H,19,20)(H,21,22). The molecule has 0 radical (unpaired) electrons. The minimum Gasteiger partial charge on any atom is -0.366 e. The van der Waals surface area contributed by atoms with E-state index in [2.05, 4.69) is 52.5 Å². The Kier molecular flexibility index (Phi) is 4.19. The van der Waals surface area contributed by atoms with E-state index in [1.165, 1.54) is 5.56 Å². The van der Waals surface area contributed by atoms with Crippen molar-refractivity contribution in [2.75, 3.05) is 5.32 Å². The Balaban J connectivity index is 1.79. The number of hydrogen-bond donors (Lipinski definition) is 2. The normalized spacial score (nSPS) is 10.9. The van der Waals surface area contributed by atoms with Gasteiger partial charge in [0.25, 0.3) is 0 Å². The van der Waals surface area contributed by atoms with Crippen molar-refractivity contribution in [2.24, 2.45) is 0 Å². The smallest absolute Gasteiger partial charge is 0.126 e. The van der Waals surface area contributed by atoms with Crippen LogP contribution in [0, 0.1) is 0 Å². The van der Waals surface area contributed by atoms with Crippen LogP contribution in [0.25, 0.3) is 11.1 Å². The Morgan fingerprint density at radius 1 is 1.14 bits per heavy atom. The molecule has 0 saturated carbocycles. The first-order valence-corrected chi connectivity index (χ1v) is 7.51. The molecule has 0 amide bonds. The Labute approximate surface area is 130 Å². The molecule has 0 aliphatic rings. The molecule has 0 bridgehead atoms. The number of aromatic nitrogens is 3.